The highest BCUT2D eigenvalue weighted by molar-refractivity contribution is 9.10. The Morgan fingerprint density at radius 3 is 2.67 bits per heavy atom. The van der Waals surface area contributed by atoms with Crippen molar-refractivity contribution in [2.45, 2.75) is 24.5 Å². The number of sulfonamides is 1. The van der Waals surface area contributed by atoms with Gasteiger partial charge < -0.3 is 10.1 Å². The molecule has 0 unspecified atom stereocenters. The van der Waals surface area contributed by atoms with Gasteiger partial charge in [0.05, 0.1) is 16.5 Å². The van der Waals surface area contributed by atoms with Crippen molar-refractivity contribution < 1.29 is 13.2 Å². The molecule has 2 aromatic carbocycles. The van der Waals surface area contributed by atoms with Crippen LogP contribution in [0.2, 0.25) is 0 Å². The average molecular weight is 434 g/mol. The molecule has 0 amide bonds. The van der Waals surface area contributed by atoms with Crippen molar-refractivity contribution in [3.05, 3.63) is 57.6 Å². The predicted octanol–water partition coefficient (Wildman–Crippen LogP) is 2.96. The van der Waals surface area contributed by atoms with Crippen LogP contribution in [0.4, 0.5) is 0 Å². The molecule has 130 valence electrons. The number of hydrogen-bond acceptors (Lipinski definition) is 4. The minimum atomic E-state index is -3.59. The Balaban J connectivity index is 0.00000208. The summed E-state index contributed by atoms with van der Waals surface area (Å²) in [5, 5.41) is 3.27. The van der Waals surface area contributed by atoms with Crippen LogP contribution in [0.25, 0.3) is 0 Å². The average Bonchev–Trinajstić information content (AvgIpc) is 3.01. The Morgan fingerprint density at radius 2 is 1.92 bits per heavy atom. The van der Waals surface area contributed by atoms with E-state index in [9.17, 15) is 8.42 Å². The number of benzene rings is 2. The lowest BCUT2D eigenvalue weighted by atomic mass is 10.1. The van der Waals surface area contributed by atoms with Crippen molar-refractivity contribution in [3.8, 4) is 5.75 Å². The van der Waals surface area contributed by atoms with Crippen molar-refractivity contribution in [1.82, 2.24) is 10.0 Å². The van der Waals surface area contributed by atoms with Crippen LogP contribution in [0.5, 0.6) is 5.75 Å². The van der Waals surface area contributed by atoms with Crippen LogP contribution in [-0.4, -0.2) is 15.5 Å². The monoisotopic (exact) mass is 432 g/mol. The second-order valence-electron chi connectivity index (χ2n) is 5.33. The van der Waals surface area contributed by atoms with Crippen LogP contribution < -0.4 is 14.8 Å². The largest absolute Gasteiger partial charge is 0.496 e. The first-order chi connectivity index (χ1) is 11.0. The van der Waals surface area contributed by atoms with Crippen molar-refractivity contribution >= 4 is 38.4 Å². The standard InChI is InChI=1S/C16H17BrN2O3S.ClH/c1-22-16-7-14(4-5-15(16)17)23(20,21)19-8-11-2-3-12-9-18-10-13(12)6-11;/h2-7,18-19H,8-10H2,1H3;1H. The van der Waals surface area contributed by atoms with Gasteiger partial charge in [0.15, 0.2) is 0 Å². The molecule has 0 radical (unpaired) electrons. The fraction of sp³-hybridized carbons (Fsp3) is 0.250. The Labute approximate surface area is 156 Å². The molecule has 0 fully saturated rings. The zero-order valence-corrected chi connectivity index (χ0v) is 16.2. The molecule has 1 aliphatic heterocycles. The van der Waals surface area contributed by atoms with Crippen LogP contribution in [0.15, 0.2) is 45.8 Å². The number of methoxy groups -OCH3 is 1. The lowest BCUT2D eigenvalue weighted by molar-refractivity contribution is 0.410. The molecule has 2 aromatic rings. The van der Waals surface area contributed by atoms with Crippen LogP contribution in [0.3, 0.4) is 0 Å². The van der Waals surface area contributed by atoms with Gasteiger partial charge in [-0.15, -0.1) is 12.4 Å². The molecular formula is C16H18BrClN2O3S. The van der Waals surface area contributed by atoms with Gasteiger partial charge in [-0.25, -0.2) is 13.1 Å². The number of halogens is 2. The van der Waals surface area contributed by atoms with E-state index in [2.05, 4.69) is 26.0 Å². The maximum atomic E-state index is 12.4. The maximum absolute atomic E-state index is 12.4. The van der Waals surface area contributed by atoms with Crippen molar-refractivity contribution in [1.29, 1.82) is 0 Å². The first-order valence-electron chi connectivity index (χ1n) is 7.14. The second-order valence-corrected chi connectivity index (χ2v) is 7.95. The molecule has 5 nitrogen and oxygen atoms in total. The Morgan fingerprint density at radius 1 is 1.17 bits per heavy atom. The fourth-order valence-corrected chi connectivity index (χ4v) is 3.97. The second kappa shape index (κ2) is 7.84. The van der Waals surface area contributed by atoms with Crippen LogP contribution in [0, 0.1) is 0 Å². The molecule has 0 aromatic heterocycles. The SMILES string of the molecule is COc1cc(S(=O)(=O)NCc2ccc3c(c2)CNC3)ccc1Br.Cl. The molecule has 0 bridgehead atoms. The summed E-state index contributed by atoms with van der Waals surface area (Å²) in [6.07, 6.45) is 0. The van der Waals surface area contributed by atoms with E-state index in [4.69, 9.17) is 4.74 Å². The molecule has 0 aliphatic carbocycles. The van der Waals surface area contributed by atoms with Gasteiger partial charge in [-0.1, -0.05) is 18.2 Å². The van der Waals surface area contributed by atoms with E-state index in [1.165, 1.54) is 24.3 Å². The third-order valence-corrected chi connectivity index (χ3v) is 5.85. The molecule has 1 heterocycles. The summed E-state index contributed by atoms with van der Waals surface area (Å²) in [6.45, 7) is 1.97. The van der Waals surface area contributed by atoms with Crippen molar-refractivity contribution in [2.75, 3.05) is 7.11 Å². The molecule has 8 heteroatoms. The molecule has 0 spiro atoms. The Kier molecular flexibility index (Phi) is 6.28. The highest BCUT2D eigenvalue weighted by Crippen LogP contribution is 2.27. The summed E-state index contributed by atoms with van der Waals surface area (Å²) in [7, 11) is -2.09. The van der Waals surface area contributed by atoms with E-state index >= 15 is 0 Å². The molecule has 0 atom stereocenters. The first-order valence-corrected chi connectivity index (χ1v) is 9.42. The van der Waals surface area contributed by atoms with Crippen molar-refractivity contribution in [2.24, 2.45) is 0 Å². The van der Waals surface area contributed by atoms with Crippen LogP contribution >= 0.6 is 28.3 Å². The third kappa shape index (κ3) is 4.10. The van der Waals surface area contributed by atoms with Gasteiger partial charge in [0.2, 0.25) is 10.0 Å². The number of nitrogens with one attached hydrogen (secondary N) is 2. The van der Waals surface area contributed by atoms with E-state index in [1.807, 2.05) is 18.2 Å². The normalized spacial score (nSPS) is 13.2. The molecule has 0 saturated carbocycles. The molecule has 0 saturated heterocycles. The summed E-state index contributed by atoms with van der Waals surface area (Å²) >= 11 is 3.32. The van der Waals surface area contributed by atoms with E-state index in [0.717, 1.165) is 18.7 Å². The summed E-state index contributed by atoms with van der Waals surface area (Å²) in [5.74, 6) is 0.483. The zero-order valence-electron chi connectivity index (χ0n) is 13.0. The topological polar surface area (TPSA) is 67.4 Å². The van der Waals surface area contributed by atoms with Crippen LogP contribution in [-0.2, 0) is 29.7 Å². The van der Waals surface area contributed by atoms with Gasteiger partial charge in [-0.3, -0.25) is 0 Å². The van der Waals surface area contributed by atoms with Crippen LogP contribution in [0.1, 0.15) is 16.7 Å². The molecule has 24 heavy (non-hydrogen) atoms. The Bertz CT molecular complexity index is 843. The first kappa shape index (κ1) is 19.2. The van der Waals surface area contributed by atoms with E-state index in [-0.39, 0.29) is 23.8 Å². The van der Waals surface area contributed by atoms with Gasteiger partial charge in [0, 0.05) is 25.7 Å². The van der Waals surface area contributed by atoms with Gasteiger partial charge in [0.25, 0.3) is 0 Å². The molecule has 2 N–H and O–H groups in total. The lowest BCUT2D eigenvalue weighted by Crippen LogP contribution is -2.23. The number of hydrogen-bond donors (Lipinski definition) is 2. The zero-order chi connectivity index (χ0) is 16.4. The third-order valence-electron chi connectivity index (χ3n) is 3.80. The van der Waals surface area contributed by atoms with Gasteiger partial charge >= 0.3 is 0 Å². The number of rotatable bonds is 5. The van der Waals surface area contributed by atoms with Gasteiger partial charge in [-0.05, 0) is 44.8 Å². The molecule has 1 aliphatic rings. The molecular weight excluding hydrogens is 416 g/mol. The molecule has 3 rings (SSSR count). The van der Waals surface area contributed by atoms with E-state index in [1.54, 1.807) is 12.1 Å². The predicted molar refractivity (Wildman–Crippen MR) is 99.0 cm³/mol. The number of fused-ring (bicyclic) bond motifs is 1. The van der Waals surface area contributed by atoms with Crippen molar-refractivity contribution in [3.63, 3.8) is 0 Å². The fourth-order valence-electron chi connectivity index (χ4n) is 2.53. The minimum absolute atomic E-state index is 0. The summed E-state index contributed by atoms with van der Waals surface area (Å²) < 4.78 is 33.3. The van der Waals surface area contributed by atoms with Gasteiger partial charge in [0.1, 0.15) is 5.75 Å². The summed E-state index contributed by atoms with van der Waals surface area (Å²) in [5.41, 5.74) is 3.45. The lowest BCUT2D eigenvalue weighted by Gasteiger charge is -2.10. The summed E-state index contributed by atoms with van der Waals surface area (Å²) in [4.78, 5) is 0.181. The Hall–Kier alpha value is -1.12. The highest BCUT2D eigenvalue weighted by atomic mass is 79.9. The number of ether oxygens (including phenoxy) is 1. The maximum Gasteiger partial charge on any atom is 0.241 e. The quantitative estimate of drug-likeness (QED) is 0.761. The minimum Gasteiger partial charge on any atom is -0.496 e. The van der Waals surface area contributed by atoms with E-state index < -0.39 is 10.0 Å². The summed E-state index contributed by atoms with van der Waals surface area (Å²) in [6, 6.07) is 10.7. The van der Waals surface area contributed by atoms with E-state index in [0.29, 0.717) is 10.2 Å². The van der Waals surface area contributed by atoms with Gasteiger partial charge in [-0.2, -0.15) is 0 Å². The smallest absolute Gasteiger partial charge is 0.241 e. The highest BCUT2D eigenvalue weighted by Gasteiger charge is 2.17.